The Morgan fingerprint density at radius 3 is 2.96 bits per heavy atom. The number of methoxy groups -OCH3 is 1. The molecule has 4 heteroatoms. The Balaban J connectivity index is 1.85. The van der Waals surface area contributed by atoms with E-state index in [1.54, 1.807) is 25.4 Å². The molecular weight excluding hydrogens is 300 g/mol. The fraction of sp³-hybridized carbons (Fsp3) is 0.200. The maximum atomic E-state index is 9.52. The first-order valence-corrected chi connectivity index (χ1v) is 7.97. The van der Waals surface area contributed by atoms with Crippen LogP contribution in [0.3, 0.4) is 0 Å². The number of hydrogen-bond donors (Lipinski definition) is 1. The molecule has 0 saturated carbocycles. The predicted molar refractivity (Wildman–Crippen MR) is 96.7 cm³/mol. The van der Waals surface area contributed by atoms with Gasteiger partial charge in [-0.1, -0.05) is 18.2 Å². The van der Waals surface area contributed by atoms with Gasteiger partial charge in [0.05, 0.1) is 12.8 Å². The van der Waals surface area contributed by atoms with Gasteiger partial charge in [0.15, 0.2) is 0 Å². The summed E-state index contributed by atoms with van der Waals surface area (Å²) in [7, 11) is 1.60. The molecule has 1 aliphatic heterocycles. The van der Waals surface area contributed by atoms with Crippen LogP contribution in [-0.4, -0.2) is 29.5 Å². The van der Waals surface area contributed by atoms with E-state index in [9.17, 15) is 5.11 Å². The van der Waals surface area contributed by atoms with Crippen LogP contribution >= 0.6 is 0 Å². The second-order valence-electron chi connectivity index (χ2n) is 5.55. The molecular formula is C20H20N2O2. The molecule has 0 bridgehead atoms. The molecule has 0 aliphatic carbocycles. The third-order valence-electron chi connectivity index (χ3n) is 3.90. The zero-order valence-electron chi connectivity index (χ0n) is 13.6. The minimum absolute atomic E-state index is 0.195. The molecule has 2 heterocycles. The Morgan fingerprint density at radius 2 is 2.17 bits per heavy atom. The smallest absolute Gasteiger partial charge is 0.129 e. The molecule has 1 aliphatic rings. The highest BCUT2D eigenvalue weighted by Gasteiger charge is 2.13. The van der Waals surface area contributed by atoms with Crippen molar-refractivity contribution in [2.75, 3.05) is 13.7 Å². The van der Waals surface area contributed by atoms with Crippen LogP contribution in [0.25, 0.3) is 6.08 Å². The Kier molecular flexibility index (Phi) is 5.06. The van der Waals surface area contributed by atoms with Gasteiger partial charge in [0.2, 0.25) is 0 Å². The number of rotatable bonds is 4. The van der Waals surface area contributed by atoms with Crippen LogP contribution in [0, 0.1) is 0 Å². The lowest BCUT2D eigenvalue weighted by atomic mass is 9.96. The molecule has 0 fully saturated rings. The van der Waals surface area contributed by atoms with Crippen molar-refractivity contribution < 1.29 is 9.84 Å². The Labute approximate surface area is 141 Å². The summed E-state index contributed by atoms with van der Waals surface area (Å²) in [4.78, 5) is 8.86. The highest BCUT2D eigenvalue weighted by Crippen LogP contribution is 2.25. The fourth-order valence-electron chi connectivity index (χ4n) is 2.73. The summed E-state index contributed by atoms with van der Waals surface area (Å²) in [6, 6.07) is 9.06. The first-order chi connectivity index (χ1) is 11.8. The average Bonchev–Trinajstić information content (AvgIpc) is 2.64. The molecule has 4 nitrogen and oxygen atoms in total. The monoisotopic (exact) mass is 320 g/mol. The minimum Gasteiger partial charge on any atom is -0.508 e. The number of ether oxygens (including phenoxy) is 1. The number of aromatic nitrogens is 1. The lowest BCUT2D eigenvalue weighted by Gasteiger charge is -2.15. The van der Waals surface area contributed by atoms with Crippen molar-refractivity contribution in [3.63, 3.8) is 0 Å². The number of aliphatic imine (C=N–C) groups is 1. The lowest BCUT2D eigenvalue weighted by Crippen LogP contribution is -2.11. The zero-order chi connectivity index (χ0) is 16.8. The number of pyridine rings is 1. The second-order valence-corrected chi connectivity index (χ2v) is 5.55. The number of allylic oxidation sites excluding steroid dienone is 3. The second kappa shape index (κ2) is 7.59. The number of phenols is 1. The van der Waals surface area contributed by atoms with Crippen LogP contribution < -0.4 is 4.74 Å². The average molecular weight is 320 g/mol. The molecule has 0 atom stereocenters. The maximum Gasteiger partial charge on any atom is 0.129 e. The van der Waals surface area contributed by atoms with Crippen LogP contribution in [-0.2, 0) is 0 Å². The standard InChI is InChI=1S/C20H20N2O2/c1-24-19-13-18(23)10-9-15(19)5-2-6-16-7-4-12-22-20(16)17-8-3-11-21-14-17/h2-3,5-6,8-11,13-14,23H,4,7,12H2,1H3/b5-2+,16-6+. The van der Waals surface area contributed by atoms with Crippen LogP contribution in [0.15, 0.2) is 65.4 Å². The van der Waals surface area contributed by atoms with E-state index in [0.717, 1.165) is 36.2 Å². The molecule has 122 valence electrons. The number of aromatic hydroxyl groups is 1. The number of hydrogen-bond acceptors (Lipinski definition) is 4. The van der Waals surface area contributed by atoms with Crippen LogP contribution in [0.1, 0.15) is 24.0 Å². The van der Waals surface area contributed by atoms with Crippen molar-refractivity contribution in [1.82, 2.24) is 4.98 Å². The van der Waals surface area contributed by atoms with Crippen molar-refractivity contribution in [2.45, 2.75) is 12.8 Å². The van der Waals surface area contributed by atoms with Gasteiger partial charge in [0.25, 0.3) is 0 Å². The van der Waals surface area contributed by atoms with Crippen LogP contribution in [0.2, 0.25) is 0 Å². The van der Waals surface area contributed by atoms with E-state index in [4.69, 9.17) is 4.74 Å². The molecule has 0 radical (unpaired) electrons. The molecule has 0 amide bonds. The molecule has 2 aromatic rings. The quantitative estimate of drug-likeness (QED) is 0.925. The predicted octanol–water partition coefficient (Wildman–Crippen LogP) is 4.02. The van der Waals surface area contributed by atoms with Crippen molar-refractivity contribution in [1.29, 1.82) is 0 Å². The number of nitrogens with zero attached hydrogens (tertiary/aromatic N) is 2. The molecule has 0 saturated heterocycles. The third-order valence-corrected chi connectivity index (χ3v) is 3.90. The van der Waals surface area contributed by atoms with Gasteiger partial charge in [0, 0.05) is 36.1 Å². The summed E-state index contributed by atoms with van der Waals surface area (Å²) >= 11 is 0. The third kappa shape index (κ3) is 3.71. The first kappa shape index (κ1) is 16.0. The van der Waals surface area contributed by atoms with Gasteiger partial charge in [-0.3, -0.25) is 9.98 Å². The Morgan fingerprint density at radius 1 is 1.25 bits per heavy atom. The molecule has 1 aromatic heterocycles. The van der Waals surface area contributed by atoms with Crippen molar-refractivity contribution >= 4 is 11.8 Å². The van der Waals surface area contributed by atoms with Crippen molar-refractivity contribution in [3.8, 4) is 11.5 Å². The Hall–Kier alpha value is -2.88. The van der Waals surface area contributed by atoms with E-state index < -0.39 is 0 Å². The molecule has 1 aromatic carbocycles. The summed E-state index contributed by atoms with van der Waals surface area (Å²) in [5, 5.41) is 9.52. The van der Waals surface area contributed by atoms with Crippen LogP contribution in [0.4, 0.5) is 0 Å². The van der Waals surface area contributed by atoms with E-state index in [1.807, 2.05) is 36.5 Å². The molecule has 0 spiro atoms. The molecule has 0 unspecified atom stereocenters. The topological polar surface area (TPSA) is 54.7 Å². The maximum absolute atomic E-state index is 9.52. The first-order valence-electron chi connectivity index (χ1n) is 7.97. The molecule has 1 N–H and O–H groups in total. The highest BCUT2D eigenvalue weighted by atomic mass is 16.5. The van der Waals surface area contributed by atoms with Gasteiger partial charge in [-0.05, 0) is 42.7 Å². The van der Waals surface area contributed by atoms with Crippen molar-refractivity contribution in [2.24, 2.45) is 4.99 Å². The van der Waals surface area contributed by atoms with Gasteiger partial charge in [0.1, 0.15) is 11.5 Å². The van der Waals surface area contributed by atoms with Gasteiger partial charge in [-0.25, -0.2) is 0 Å². The molecule has 3 rings (SSSR count). The summed E-state index contributed by atoms with van der Waals surface area (Å²) in [5.74, 6) is 0.843. The summed E-state index contributed by atoms with van der Waals surface area (Å²) in [6.07, 6.45) is 11.8. The lowest BCUT2D eigenvalue weighted by molar-refractivity contribution is 0.407. The summed E-state index contributed by atoms with van der Waals surface area (Å²) in [6.45, 7) is 0.858. The van der Waals surface area contributed by atoms with Gasteiger partial charge in [-0.15, -0.1) is 0 Å². The normalized spacial score (nSPS) is 16.4. The van der Waals surface area contributed by atoms with E-state index >= 15 is 0 Å². The fourth-order valence-corrected chi connectivity index (χ4v) is 2.73. The van der Waals surface area contributed by atoms with Crippen molar-refractivity contribution in [3.05, 3.63) is 71.6 Å². The molecule has 24 heavy (non-hydrogen) atoms. The summed E-state index contributed by atoms with van der Waals surface area (Å²) in [5.41, 5.74) is 4.21. The number of benzene rings is 1. The van der Waals surface area contributed by atoms with E-state index in [2.05, 4.69) is 16.1 Å². The van der Waals surface area contributed by atoms with E-state index in [0.29, 0.717) is 5.75 Å². The van der Waals surface area contributed by atoms with Gasteiger partial charge < -0.3 is 9.84 Å². The van der Waals surface area contributed by atoms with Crippen LogP contribution in [0.5, 0.6) is 11.5 Å². The highest BCUT2D eigenvalue weighted by molar-refractivity contribution is 6.13. The zero-order valence-corrected chi connectivity index (χ0v) is 13.6. The van der Waals surface area contributed by atoms with E-state index in [1.165, 1.54) is 5.57 Å². The van der Waals surface area contributed by atoms with Gasteiger partial charge >= 0.3 is 0 Å². The Bertz CT molecular complexity index is 793. The largest absolute Gasteiger partial charge is 0.508 e. The number of phenolic OH excluding ortho intramolecular Hbond substituents is 1. The van der Waals surface area contributed by atoms with Gasteiger partial charge in [-0.2, -0.15) is 0 Å². The SMILES string of the molecule is COc1cc(O)ccc1/C=C/C=C1\CCCN=C1c1cccnc1. The minimum atomic E-state index is 0.195. The summed E-state index contributed by atoms with van der Waals surface area (Å²) < 4.78 is 5.30. The van der Waals surface area contributed by atoms with E-state index in [-0.39, 0.29) is 5.75 Å².